The van der Waals surface area contributed by atoms with Crippen LogP contribution in [0.25, 0.3) is 99.1 Å². The normalized spacial score (nSPS) is 11.7. The van der Waals surface area contributed by atoms with Gasteiger partial charge in [-0.25, -0.2) is 0 Å². The molecule has 2 nitrogen and oxygen atoms in total. The molecule has 0 aliphatic carbocycles. The van der Waals surface area contributed by atoms with Gasteiger partial charge in [-0.05, 0) is 92.0 Å². The maximum Gasteiger partial charge on any atom is 0.141 e. The van der Waals surface area contributed by atoms with Gasteiger partial charge >= 0.3 is 0 Å². The van der Waals surface area contributed by atoms with Crippen LogP contribution in [0.1, 0.15) is 0 Å². The monoisotopic (exact) mass is 770 g/mol. The maximum atomic E-state index is 2.58. The van der Waals surface area contributed by atoms with E-state index >= 15 is 0 Å². The average molecular weight is 770 g/mol. The average Bonchev–Trinajstić information content (AvgIpc) is 3.84. The second kappa shape index (κ2) is 14.2. The van der Waals surface area contributed by atoms with E-state index in [0.717, 1.165) is 0 Å². The number of hydrogen-bond donors (Lipinski definition) is 0. The lowest BCUT2D eigenvalue weighted by Gasteiger charge is -2.19. The first-order valence-corrected chi connectivity index (χ1v) is 21.5. The Kier molecular flexibility index (Phi) is 8.69. The summed E-state index contributed by atoms with van der Waals surface area (Å²) in [7, 11) is 16.3. The highest BCUT2D eigenvalue weighted by atomic mass is 15.0. The molecule has 0 aliphatic rings. The fourth-order valence-corrected chi connectivity index (χ4v) is 10.5. The second-order valence-electron chi connectivity index (χ2n) is 17.1. The molecule has 0 saturated carbocycles. The zero-order chi connectivity index (χ0) is 41.7. The van der Waals surface area contributed by atoms with Gasteiger partial charge in [0.05, 0.1) is 11.0 Å². The number of nitrogens with zero attached hydrogens (tertiary/aromatic N) is 2. The molecule has 2 heterocycles. The van der Waals surface area contributed by atoms with Crippen LogP contribution in [0.4, 0.5) is 0 Å². The summed E-state index contributed by atoms with van der Waals surface area (Å²) in [6.45, 7) is 0. The Morgan fingerprint density at radius 1 is 0.311 bits per heavy atom. The van der Waals surface area contributed by atoms with Crippen molar-refractivity contribution in [1.82, 2.24) is 9.13 Å². The summed E-state index contributed by atoms with van der Waals surface area (Å²) in [5, 5.41) is 7.79. The molecule has 61 heavy (non-hydrogen) atoms. The molecule has 0 fully saturated rings. The molecule has 0 bridgehead atoms. The van der Waals surface area contributed by atoms with Gasteiger partial charge in [0.1, 0.15) is 54.9 Å². The van der Waals surface area contributed by atoms with E-state index in [0.29, 0.717) is 0 Å². The Bertz CT molecular complexity index is 3590. The van der Waals surface area contributed by atoms with Crippen LogP contribution in [-0.4, -0.2) is 64.1 Å². The van der Waals surface area contributed by atoms with Crippen molar-refractivity contribution in [3.05, 3.63) is 164 Å². The first-order chi connectivity index (χ1) is 29.7. The number of benzene rings is 9. The molecule has 9 heteroatoms. The summed E-state index contributed by atoms with van der Waals surface area (Å²) in [6, 6.07) is 60.2. The fraction of sp³-hybridized carbons (Fsp3) is 0. The zero-order valence-corrected chi connectivity index (χ0v) is 36.0. The Morgan fingerprint density at radius 3 is 1.66 bits per heavy atom. The summed E-state index contributed by atoms with van der Waals surface area (Å²) in [5.74, 6) is 0. The third kappa shape index (κ3) is 5.60. The number of aromatic nitrogens is 2. The predicted molar refractivity (Wildman–Crippen MR) is 286 cm³/mol. The SMILES string of the molecule is Bc1c(B)c(B)c2c(c1B)c1c(B)c(-c3ccc4c(c3)c3ccc(-c5ccccc5)cc3n4-c3ccccc3)c(B)c(B)c1n2-c1ccc(-c2cccc3ccccc23)cc1. The van der Waals surface area contributed by atoms with E-state index in [9.17, 15) is 0 Å². The first kappa shape index (κ1) is 37.3. The molecule has 0 atom stereocenters. The Balaban J connectivity index is 1.16. The van der Waals surface area contributed by atoms with E-state index < -0.39 is 0 Å². The van der Waals surface area contributed by atoms with Crippen LogP contribution in [0.2, 0.25) is 0 Å². The minimum absolute atomic E-state index is 1.17. The van der Waals surface area contributed by atoms with Gasteiger partial charge in [0.2, 0.25) is 0 Å². The summed E-state index contributed by atoms with van der Waals surface area (Å²) in [6.07, 6.45) is 0. The smallest absolute Gasteiger partial charge is 0.141 e. The largest absolute Gasteiger partial charge is 0.310 e. The predicted octanol–water partition coefficient (Wildman–Crippen LogP) is 1.84. The van der Waals surface area contributed by atoms with Crippen LogP contribution >= 0.6 is 0 Å². The minimum Gasteiger partial charge on any atom is -0.310 e. The molecular formula is C52H41B7N2. The molecule has 0 radical (unpaired) electrons. The minimum atomic E-state index is 1.17. The third-order valence-electron chi connectivity index (χ3n) is 14.0. The lowest BCUT2D eigenvalue weighted by Crippen LogP contribution is -2.48. The van der Waals surface area contributed by atoms with Crippen molar-refractivity contribution in [3.8, 4) is 44.8 Å². The van der Waals surface area contributed by atoms with E-state index in [1.165, 1.54) is 137 Å². The Labute approximate surface area is 363 Å². The van der Waals surface area contributed by atoms with Gasteiger partial charge in [-0.15, -0.1) is 5.46 Å². The zero-order valence-electron chi connectivity index (χ0n) is 36.0. The van der Waals surface area contributed by atoms with Crippen LogP contribution < -0.4 is 38.2 Å². The molecule has 2 aromatic heterocycles. The van der Waals surface area contributed by atoms with Crippen LogP contribution in [0.3, 0.4) is 0 Å². The van der Waals surface area contributed by atoms with Gasteiger partial charge in [0.15, 0.2) is 0 Å². The third-order valence-corrected chi connectivity index (χ3v) is 14.0. The quantitative estimate of drug-likeness (QED) is 0.237. The second-order valence-corrected chi connectivity index (χ2v) is 17.1. The molecular weight excluding hydrogens is 728 g/mol. The molecule has 0 aliphatic heterocycles. The van der Waals surface area contributed by atoms with Crippen molar-refractivity contribution in [1.29, 1.82) is 0 Å². The van der Waals surface area contributed by atoms with Crippen molar-refractivity contribution in [2.75, 3.05) is 0 Å². The first-order valence-electron chi connectivity index (χ1n) is 21.5. The van der Waals surface area contributed by atoms with E-state index in [-0.39, 0.29) is 0 Å². The highest BCUT2D eigenvalue weighted by Crippen LogP contribution is 2.38. The molecule has 280 valence electrons. The maximum absolute atomic E-state index is 2.58. The number of fused-ring (bicyclic) bond motifs is 7. The summed E-state index contributed by atoms with van der Waals surface area (Å²) in [5.41, 5.74) is 24.3. The van der Waals surface area contributed by atoms with Gasteiger partial charge in [0.25, 0.3) is 0 Å². The van der Waals surface area contributed by atoms with E-state index in [1.54, 1.807) is 0 Å². The summed E-state index contributed by atoms with van der Waals surface area (Å²) in [4.78, 5) is 0. The van der Waals surface area contributed by atoms with Gasteiger partial charge in [-0.1, -0.05) is 154 Å². The number of rotatable bonds is 5. The van der Waals surface area contributed by atoms with Crippen molar-refractivity contribution in [3.63, 3.8) is 0 Å². The van der Waals surface area contributed by atoms with Crippen molar-refractivity contribution in [2.24, 2.45) is 0 Å². The Morgan fingerprint density at radius 2 is 0.902 bits per heavy atom. The van der Waals surface area contributed by atoms with Crippen LogP contribution in [0.5, 0.6) is 0 Å². The van der Waals surface area contributed by atoms with Crippen LogP contribution in [-0.2, 0) is 0 Å². The van der Waals surface area contributed by atoms with Gasteiger partial charge in [-0.2, -0.15) is 0 Å². The molecule has 11 aromatic rings. The van der Waals surface area contributed by atoms with Crippen LogP contribution in [0, 0.1) is 0 Å². The Hall–Kier alpha value is -6.71. The molecule has 0 unspecified atom stereocenters. The summed E-state index contributed by atoms with van der Waals surface area (Å²) >= 11 is 0. The molecule has 0 amide bonds. The number of para-hydroxylation sites is 1. The molecule has 0 N–H and O–H groups in total. The lowest BCUT2D eigenvalue weighted by atomic mass is 9.64. The molecule has 0 spiro atoms. The van der Waals surface area contributed by atoms with Crippen molar-refractivity contribution < 1.29 is 0 Å². The van der Waals surface area contributed by atoms with E-state index in [2.05, 4.69) is 228 Å². The van der Waals surface area contributed by atoms with Crippen molar-refractivity contribution in [2.45, 2.75) is 0 Å². The van der Waals surface area contributed by atoms with Gasteiger partial charge in [-0.3, -0.25) is 0 Å². The van der Waals surface area contributed by atoms with Gasteiger partial charge < -0.3 is 9.13 Å². The fourth-order valence-electron chi connectivity index (χ4n) is 10.5. The van der Waals surface area contributed by atoms with E-state index in [4.69, 9.17) is 0 Å². The van der Waals surface area contributed by atoms with Crippen LogP contribution in [0.15, 0.2) is 164 Å². The lowest BCUT2D eigenvalue weighted by molar-refractivity contribution is 1.18. The molecule has 0 saturated heterocycles. The highest BCUT2D eigenvalue weighted by Gasteiger charge is 2.25. The van der Waals surface area contributed by atoms with E-state index in [1.807, 2.05) is 0 Å². The molecule has 9 aromatic carbocycles. The standard InChI is InChI=1S/C52H41B7N2/c53-44-41(32-21-25-39-38(26-32)37-24-20-31(28-10-3-1-4-11-28)27-40(37)60(39)33-14-5-2-6-15-33)45(54)49(58)51-42(44)43-46(55)47(56)48(57)50(59)52(43)61(51)34-22-18-30(19-23-34)36-17-9-13-29-12-7-8-16-35(29)36/h1-27H,53-59H2. The topological polar surface area (TPSA) is 9.86 Å². The molecule has 11 rings (SSSR count). The number of hydrogen-bond acceptors (Lipinski definition) is 0. The van der Waals surface area contributed by atoms with Crippen molar-refractivity contribution >= 4 is 148 Å². The van der Waals surface area contributed by atoms with Gasteiger partial charge in [0, 0.05) is 38.6 Å². The highest BCUT2D eigenvalue weighted by molar-refractivity contribution is 6.69. The summed E-state index contributed by atoms with van der Waals surface area (Å²) < 4.78 is 5.01.